The van der Waals surface area contributed by atoms with E-state index in [9.17, 15) is 0 Å². The van der Waals surface area contributed by atoms with E-state index in [1.54, 1.807) is 0 Å². The van der Waals surface area contributed by atoms with Gasteiger partial charge in [-0.3, -0.25) is 0 Å². The molecule has 0 fully saturated rings. The number of benzene rings is 2. The second-order valence-corrected chi connectivity index (χ2v) is 7.04. The Hall–Kier alpha value is -3.79. The van der Waals surface area contributed by atoms with Crippen molar-refractivity contribution < 1.29 is 0 Å². The molecule has 0 aliphatic carbocycles. The van der Waals surface area contributed by atoms with Crippen molar-refractivity contribution in [3.05, 3.63) is 65.7 Å². The minimum Gasteiger partial charge on any atom is -0.249 e. The first-order valence-electron chi connectivity index (χ1n) is 10.1. The highest BCUT2D eigenvalue weighted by molar-refractivity contribution is 5.80. The highest BCUT2D eigenvalue weighted by Gasteiger charge is 2.12. The van der Waals surface area contributed by atoms with Crippen molar-refractivity contribution in [1.82, 2.24) is 35.4 Å². The largest absolute Gasteiger partial charge is 0.249 e. The SMILES string of the molecule is C#CCCn1nc(CCC)nc1Cc1ccc(-c2ccccc2-c2nnn[nH]2)cc1. The van der Waals surface area contributed by atoms with Crippen LogP contribution in [0.1, 0.15) is 37.0 Å². The van der Waals surface area contributed by atoms with Crippen LogP contribution in [0, 0.1) is 12.3 Å². The zero-order valence-electron chi connectivity index (χ0n) is 16.9. The van der Waals surface area contributed by atoms with Gasteiger partial charge in [0.2, 0.25) is 0 Å². The summed E-state index contributed by atoms with van der Waals surface area (Å²) in [5, 5.41) is 18.9. The number of nitrogens with zero attached hydrogens (tertiary/aromatic N) is 6. The molecule has 2 aromatic heterocycles. The summed E-state index contributed by atoms with van der Waals surface area (Å²) in [6.45, 7) is 2.83. The summed E-state index contributed by atoms with van der Waals surface area (Å²) >= 11 is 0. The molecule has 0 aliphatic heterocycles. The Labute approximate surface area is 175 Å². The Kier molecular flexibility index (Phi) is 5.95. The number of nitrogens with one attached hydrogen (secondary N) is 1. The summed E-state index contributed by atoms with van der Waals surface area (Å²) in [6.07, 6.45) is 8.70. The van der Waals surface area contributed by atoms with E-state index in [1.165, 1.54) is 5.56 Å². The smallest absolute Gasteiger partial charge is 0.180 e. The Morgan fingerprint density at radius 2 is 1.87 bits per heavy atom. The van der Waals surface area contributed by atoms with Gasteiger partial charge in [0.25, 0.3) is 0 Å². The van der Waals surface area contributed by atoms with Crippen LogP contribution in [0.5, 0.6) is 0 Å². The number of hydrogen-bond acceptors (Lipinski definition) is 5. The average molecular weight is 397 g/mol. The normalized spacial score (nSPS) is 10.8. The molecule has 0 saturated carbocycles. The van der Waals surface area contributed by atoms with Crippen LogP contribution in [0.4, 0.5) is 0 Å². The monoisotopic (exact) mass is 397 g/mol. The molecule has 4 rings (SSSR count). The average Bonchev–Trinajstić information content (AvgIpc) is 3.44. The van der Waals surface area contributed by atoms with Gasteiger partial charge in [-0.15, -0.1) is 17.4 Å². The molecule has 0 spiro atoms. The fraction of sp³-hybridized carbons (Fsp3) is 0.261. The Morgan fingerprint density at radius 1 is 1.07 bits per heavy atom. The Balaban J connectivity index is 1.58. The number of terminal acetylenes is 1. The van der Waals surface area contributed by atoms with Gasteiger partial charge < -0.3 is 0 Å². The highest BCUT2D eigenvalue weighted by atomic mass is 15.5. The van der Waals surface area contributed by atoms with Gasteiger partial charge in [-0.1, -0.05) is 55.5 Å². The predicted octanol–water partition coefficient (Wildman–Crippen LogP) is 3.69. The summed E-state index contributed by atoms with van der Waals surface area (Å²) in [5.74, 6) is 5.18. The van der Waals surface area contributed by atoms with Crippen molar-refractivity contribution in [2.45, 2.75) is 39.2 Å². The van der Waals surface area contributed by atoms with E-state index in [0.717, 1.165) is 47.6 Å². The molecule has 0 amide bonds. The molecule has 0 atom stereocenters. The van der Waals surface area contributed by atoms with Crippen LogP contribution < -0.4 is 0 Å². The third-order valence-corrected chi connectivity index (χ3v) is 4.89. The number of aromatic nitrogens is 7. The van der Waals surface area contributed by atoms with Gasteiger partial charge in [0.15, 0.2) is 11.6 Å². The van der Waals surface area contributed by atoms with E-state index in [0.29, 0.717) is 18.8 Å². The molecular weight excluding hydrogens is 374 g/mol. The fourth-order valence-corrected chi connectivity index (χ4v) is 3.44. The maximum Gasteiger partial charge on any atom is 0.180 e. The summed E-state index contributed by atoms with van der Waals surface area (Å²) < 4.78 is 1.95. The van der Waals surface area contributed by atoms with Gasteiger partial charge in [0.1, 0.15) is 5.82 Å². The predicted molar refractivity (Wildman–Crippen MR) is 115 cm³/mol. The number of aromatic amines is 1. The van der Waals surface area contributed by atoms with E-state index in [-0.39, 0.29) is 0 Å². The van der Waals surface area contributed by atoms with Gasteiger partial charge >= 0.3 is 0 Å². The lowest BCUT2D eigenvalue weighted by molar-refractivity contribution is 0.592. The first kappa shape index (κ1) is 19.5. The number of hydrogen-bond donors (Lipinski definition) is 1. The van der Waals surface area contributed by atoms with Crippen molar-refractivity contribution in [3.8, 4) is 34.9 Å². The van der Waals surface area contributed by atoms with Crippen LogP contribution in [0.3, 0.4) is 0 Å². The first-order valence-corrected chi connectivity index (χ1v) is 10.1. The van der Waals surface area contributed by atoms with E-state index in [1.807, 2.05) is 22.9 Å². The molecule has 0 aliphatic rings. The molecule has 0 radical (unpaired) electrons. The minimum atomic E-state index is 0.647. The Bertz CT molecular complexity index is 1140. The summed E-state index contributed by atoms with van der Waals surface area (Å²) in [4.78, 5) is 4.73. The van der Waals surface area contributed by atoms with Crippen LogP contribution in [0.15, 0.2) is 48.5 Å². The summed E-state index contributed by atoms with van der Waals surface area (Å²) in [7, 11) is 0. The zero-order valence-corrected chi connectivity index (χ0v) is 16.9. The van der Waals surface area contributed by atoms with Crippen molar-refractivity contribution in [2.75, 3.05) is 0 Å². The maximum absolute atomic E-state index is 5.44. The quantitative estimate of drug-likeness (QED) is 0.458. The second-order valence-electron chi connectivity index (χ2n) is 7.04. The molecule has 2 heterocycles. The van der Waals surface area contributed by atoms with Gasteiger partial charge in [-0.05, 0) is 33.5 Å². The van der Waals surface area contributed by atoms with Gasteiger partial charge in [-0.25, -0.2) is 14.8 Å². The minimum absolute atomic E-state index is 0.647. The number of rotatable bonds is 8. The van der Waals surface area contributed by atoms with Crippen molar-refractivity contribution in [1.29, 1.82) is 0 Å². The maximum atomic E-state index is 5.44. The molecule has 1 N–H and O–H groups in total. The first-order chi connectivity index (χ1) is 14.8. The van der Waals surface area contributed by atoms with Gasteiger partial charge in [0.05, 0.1) is 6.54 Å². The van der Waals surface area contributed by atoms with Crippen molar-refractivity contribution in [2.24, 2.45) is 0 Å². The van der Waals surface area contributed by atoms with Crippen LogP contribution in [-0.4, -0.2) is 35.4 Å². The Morgan fingerprint density at radius 3 is 2.57 bits per heavy atom. The molecule has 7 nitrogen and oxygen atoms in total. The van der Waals surface area contributed by atoms with Crippen LogP contribution in [0.2, 0.25) is 0 Å². The molecule has 2 aromatic carbocycles. The van der Waals surface area contributed by atoms with Gasteiger partial charge in [-0.2, -0.15) is 5.10 Å². The standard InChI is InChI=1S/C23H23N7/c1-3-5-15-30-22(24-21(27-30)8-4-2)16-17-11-13-18(14-12-17)19-9-6-7-10-20(19)23-25-28-29-26-23/h1,6-7,9-14H,4-5,8,15-16H2,2H3,(H,25,26,28,29). The second kappa shape index (κ2) is 9.14. The summed E-state index contributed by atoms with van der Waals surface area (Å²) in [6, 6.07) is 16.6. The van der Waals surface area contributed by atoms with E-state index < -0.39 is 0 Å². The lowest BCUT2D eigenvalue weighted by Crippen LogP contribution is -2.06. The van der Waals surface area contributed by atoms with Gasteiger partial charge in [0, 0.05) is 24.8 Å². The van der Waals surface area contributed by atoms with E-state index >= 15 is 0 Å². The number of tetrazole rings is 1. The topological polar surface area (TPSA) is 85.2 Å². The zero-order chi connectivity index (χ0) is 20.8. The summed E-state index contributed by atoms with van der Waals surface area (Å²) in [5.41, 5.74) is 4.32. The van der Waals surface area contributed by atoms with Crippen LogP contribution >= 0.6 is 0 Å². The van der Waals surface area contributed by atoms with Crippen molar-refractivity contribution >= 4 is 0 Å². The lowest BCUT2D eigenvalue weighted by atomic mass is 9.98. The molecule has 30 heavy (non-hydrogen) atoms. The number of aryl methyl sites for hydroxylation is 2. The van der Waals surface area contributed by atoms with E-state index in [4.69, 9.17) is 11.4 Å². The molecule has 0 bridgehead atoms. The third-order valence-electron chi connectivity index (χ3n) is 4.89. The van der Waals surface area contributed by atoms with Crippen LogP contribution in [0.25, 0.3) is 22.5 Å². The number of H-pyrrole nitrogens is 1. The molecule has 150 valence electrons. The van der Waals surface area contributed by atoms with Crippen molar-refractivity contribution in [3.63, 3.8) is 0 Å². The lowest BCUT2D eigenvalue weighted by Gasteiger charge is -2.09. The third kappa shape index (κ3) is 4.28. The molecule has 4 aromatic rings. The molecule has 0 saturated heterocycles. The molecule has 7 heteroatoms. The van der Waals surface area contributed by atoms with E-state index in [2.05, 4.69) is 68.9 Å². The van der Waals surface area contributed by atoms with Crippen LogP contribution in [-0.2, 0) is 19.4 Å². The fourth-order valence-electron chi connectivity index (χ4n) is 3.44. The highest BCUT2D eigenvalue weighted by Crippen LogP contribution is 2.29. The molecular formula is C23H23N7. The molecule has 0 unspecified atom stereocenters.